The van der Waals surface area contributed by atoms with Crippen LogP contribution in [0.3, 0.4) is 0 Å². The van der Waals surface area contributed by atoms with Crippen LogP contribution in [0, 0.1) is 0 Å². The van der Waals surface area contributed by atoms with Gasteiger partial charge in [-0.25, -0.2) is 4.79 Å². The third-order valence-corrected chi connectivity index (χ3v) is 5.56. The summed E-state index contributed by atoms with van der Waals surface area (Å²) in [5.41, 5.74) is 4.48. The number of nitrogens with one attached hydrogen (secondary N) is 3. The molecule has 2 amide bonds. The number of benzene rings is 2. The van der Waals surface area contributed by atoms with Crippen molar-refractivity contribution in [3.05, 3.63) is 59.7 Å². The molecule has 0 atom stereocenters. The van der Waals surface area contributed by atoms with Gasteiger partial charge in [0.05, 0.1) is 6.54 Å². The molecule has 0 heterocycles. The summed E-state index contributed by atoms with van der Waals surface area (Å²) >= 11 is 0. The normalized spacial score (nSPS) is 11.9. The lowest BCUT2D eigenvalue weighted by atomic mass is 9.98. The monoisotopic (exact) mass is 451 g/mol. The number of rotatable bonds is 12. The van der Waals surface area contributed by atoms with E-state index in [1.165, 1.54) is 0 Å². The molecule has 0 spiro atoms. The van der Waals surface area contributed by atoms with E-state index in [1.54, 1.807) is 7.05 Å². The summed E-state index contributed by atoms with van der Waals surface area (Å²) in [4.78, 5) is 47.4. The third kappa shape index (κ3) is 6.73. The summed E-state index contributed by atoms with van der Waals surface area (Å²) in [6, 6.07) is 16.0. The number of ketones is 2. The number of carbonyl (C=O) groups excluding carboxylic acids is 4. The molecule has 0 saturated heterocycles. The van der Waals surface area contributed by atoms with Gasteiger partial charge in [-0.1, -0.05) is 48.5 Å². The zero-order chi connectivity index (χ0) is 23.6. The second kappa shape index (κ2) is 11.9. The van der Waals surface area contributed by atoms with Crippen LogP contribution in [-0.2, 0) is 19.1 Å². The largest absolute Gasteiger partial charge is 0.449 e. The van der Waals surface area contributed by atoms with Gasteiger partial charge in [0, 0.05) is 31.7 Å². The highest BCUT2D eigenvalue weighted by Gasteiger charge is 2.29. The van der Waals surface area contributed by atoms with Crippen LogP contribution in [-0.4, -0.2) is 56.9 Å². The molecule has 3 rings (SSSR count). The molecule has 0 fully saturated rings. The van der Waals surface area contributed by atoms with Gasteiger partial charge in [-0.05, 0) is 29.3 Å². The number of carbonyl (C=O) groups is 4. The minimum atomic E-state index is -0.700. The topological polar surface area (TPSA) is 114 Å². The minimum absolute atomic E-state index is 0.000878. The van der Waals surface area contributed by atoms with Crippen LogP contribution in [0.2, 0.25) is 0 Å². The molecule has 8 nitrogen and oxygen atoms in total. The summed E-state index contributed by atoms with van der Waals surface area (Å²) in [7, 11) is 1.75. The summed E-state index contributed by atoms with van der Waals surface area (Å²) in [5, 5.41) is 7.73. The van der Waals surface area contributed by atoms with Gasteiger partial charge >= 0.3 is 6.09 Å². The molecule has 0 saturated carbocycles. The maximum Gasteiger partial charge on any atom is 0.407 e. The Balaban J connectivity index is 1.37. The SMILES string of the molecule is CNCCC(=O)CCC(=O)CNC(=O)CNC(=O)OCC1c2ccccc2-c2ccccc21. The summed E-state index contributed by atoms with van der Waals surface area (Å²) in [5.74, 6) is -0.799. The molecule has 0 radical (unpaired) electrons. The van der Waals surface area contributed by atoms with Gasteiger partial charge in [-0.2, -0.15) is 0 Å². The second-order valence-electron chi connectivity index (χ2n) is 7.89. The van der Waals surface area contributed by atoms with Gasteiger partial charge in [0.1, 0.15) is 18.9 Å². The molecule has 3 N–H and O–H groups in total. The molecule has 0 aromatic heterocycles. The zero-order valence-corrected chi connectivity index (χ0v) is 18.7. The van der Waals surface area contributed by atoms with Gasteiger partial charge in [0.25, 0.3) is 0 Å². The quantitative estimate of drug-likeness (QED) is 0.456. The Morgan fingerprint density at radius 1 is 0.788 bits per heavy atom. The van der Waals surface area contributed by atoms with Crippen molar-refractivity contribution in [3.8, 4) is 11.1 Å². The molecule has 1 aliphatic rings. The maximum atomic E-state index is 12.1. The van der Waals surface area contributed by atoms with E-state index < -0.39 is 12.0 Å². The molecule has 33 heavy (non-hydrogen) atoms. The fraction of sp³-hybridized carbons (Fsp3) is 0.360. The number of ether oxygens (including phenoxy) is 1. The Kier molecular flexibility index (Phi) is 8.71. The Morgan fingerprint density at radius 2 is 1.39 bits per heavy atom. The number of fused-ring (bicyclic) bond motifs is 3. The van der Waals surface area contributed by atoms with E-state index in [0.29, 0.717) is 13.0 Å². The van der Waals surface area contributed by atoms with Crippen molar-refractivity contribution in [3.63, 3.8) is 0 Å². The summed E-state index contributed by atoms with van der Waals surface area (Å²) < 4.78 is 5.37. The molecule has 1 aliphatic carbocycles. The molecule has 0 unspecified atom stereocenters. The zero-order valence-electron chi connectivity index (χ0n) is 18.7. The van der Waals surface area contributed by atoms with Crippen LogP contribution in [0.1, 0.15) is 36.3 Å². The standard InChI is InChI=1S/C25H29N3O5/c1-26-13-12-17(29)10-11-18(30)14-27-24(31)15-28-25(32)33-16-23-21-8-4-2-6-19(21)20-7-3-5-9-22(20)23/h2-9,23,26H,10-16H2,1H3,(H,27,31)(H,28,32). The van der Waals surface area contributed by atoms with Gasteiger partial charge in [0.2, 0.25) is 5.91 Å². The highest BCUT2D eigenvalue weighted by molar-refractivity contribution is 5.90. The summed E-state index contributed by atoms with van der Waals surface area (Å²) in [6.45, 7) is 0.252. The van der Waals surface area contributed by atoms with E-state index in [1.807, 2.05) is 36.4 Å². The fourth-order valence-corrected chi connectivity index (χ4v) is 3.82. The third-order valence-electron chi connectivity index (χ3n) is 5.56. The van der Waals surface area contributed by atoms with Crippen LogP contribution in [0.15, 0.2) is 48.5 Å². The van der Waals surface area contributed by atoms with Crippen LogP contribution in [0.4, 0.5) is 4.79 Å². The van der Waals surface area contributed by atoms with E-state index in [0.717, 1.165) is 22.3 Å². The van der Waals surface area contributed by atoms with Crippen molar-refractivity contribution in [2.24, 2.45) is 0 Å². The molecule has 8 heteroatoms. The number of hydrogen-bond acceptors (Lipinski definition) is 6. The lowest BCUT2D eigenvalue weighted by Crippen LogP contribution is -2.39. The van der Waals surface area contributed by atoms with Crippen molar-refractivity contribution in [1.82, 2.24) is 16.0 Å². The highest BCUT2D eigenvalue weighted by Crippen LogP contribution is 2.44. The average Bonchev–Trinajstić information content (AvgIpc) is 3.16. The molecule has 0 aliphatic heterocycles. The van der Waals surface area contributed by atoms with E-state index in [-0.39, 0.29) is 50.0 Å². The molecular formula is C25H29N3O5. The van der Waals surface area contributed by atoms with Gasteiger partial charge in [-0.3, -0.25) is 14.4 Å². The van der Waals surface area contributed by atoms with Crippen molar-refractivity contribution in [1.29, 1.82) is 0 Å². The van der Waals surface area contributed by atoms with Crippen molar-refractivity contribution in [2.75, 3.05) is 33.3 Å². The van der Waals surface area contributed by atoms with Gasteiger partial charge in [0.15, 0.2) is 5.78 Å². The predicted octanol–water partition coefficient (Wildman–Crippen LogP) is 2.17. The Bertz CT molecular complexity index is 975. The highest BCUT2D eigenvalue weighted by atomic mass is 16.5. The fourth-order valence-electron chi connectivity index (χ4n) is 3.82. The first-order valence-corrected chi connectivity index (χ1v) is 11.0. The van der Waals surface area contributed by atoms with E-state index in [2.05, 4.69) is 28.1 Å². The number of Topliss-reactive ketones (excluding diaryl/α,β-unsaturated/α-hetero) is 2. The number of alkyl carbamates (subject to hydrolysis) is 1. The van der Waals surface area contributed by atoms with E-state index in [9.17, 15) is 19.2 Å². The summed E-state index contributed by atoms with van der Waals surface area (Å²) in [6.07, 6.45) is -0.0783. The first-order chi connectivity index (χ1) is 16.0. The van der Waals surface area contributed by atoms with Crippen molar-refractivity contribution in [2.45, 2.75) is 25.2 Å². The Morgan fingerprint density at radius 3 is 2.03 bits per heavy atom. The second-order valence-corrected chi connectivity index (χ2v) is 7.89. The van der Waals surface area contributed by atoms with Crippen LogP contribution in [0.25, 0.3) is 11.1 Å². The number of amides is 2. The Labute approximate surface area is 193 Å². The maximum absolute atomic E-state index is 12.1. The molecule has 2 aromatic carbocycles. The smallest absolute Gasteiger partial charge is 0.407 e. The van der Waals surface area contributed by atoms with Crippen molar-refractivity contribution >= 4 is 23.6 Å². The number of hydrogen-bond donors (Lipinski definition) is 3. The minimum Gasteiger partial charge on any atom is -0.449 e. The Hall–Kier alpha value is -3.52. The lowest BCUT2D eigenvalue weighted by Gasteiger charge is -2.14. The average molecular weight is 452 g/mol. The first-order valence-electron chi connectivity index (χ1n) is 11.0. The van der Waals surface area contributed by atoms with Crippen LogP contribution < -0.4 is 16.0 Å². The van der Waals surface area contributed by atoms with Crippen molar-refractivity contribution < 1.29 is 23.9 Å². The molecule has 0 bridgehead atoms. The van der Waals surface area contributed by atoms with Crippen LogP contribution >= 0.6 is 0 Å². The predicted molar refractivity (Wildman–Crippen MR) is 124 cm³/mol. The van der Waals surface area contributed by atoms with Gasteiger partial charge in [-0.15, -0.1) is 0 Å². The molecule has 174 valence electrons. The first kappa shape index (κ1) is 24.1. The van der Waals surface area contributed by atoms with Gasteiger partial charge < -0.3 is 20.7 Å². The lowest BCUT2D eigenvalue weighted by molar-refractivity contribution is -0.126. The van der Waals surface area contributed by atoms with Crippen LogP contribution in [0.5, 0.6) is 0 Å². The molecule has 2 aromatic rings. The molecular weight excluding hydrogens is 422 g/mol. The van der Waals surface area contributed by atoms with E-state index >= 15 is 0 Å². The van der Waals surface area contributed by atoms with E-state index in [4.69, 9.17) is 4.74 Å².